The summed E-state index contributed by atoms with van der Waals surface area (Å²) in [6.45, 7) is 2.27. The first kappa shape index (κ1) is 17.1. The monoisotopic (exact) mass is 367 g/mol. The van der Waals surface area contributed by atoms with Crippen LogP contribution < -0.4 is 5.56 Å². The van der Waals surface area contributed by atoms with Crippen molar-refractivity contribution in [3.63, 3.8) is 0 Å². The van der Waals surface area contributed by atoms with Gasteiger partial charge in [0.25, 0.3) is 5.56 Å². The summed E-state index contributed by atoms with van der Waals surface area (Å²) in [7, 11) is 1.94. The summed E-state index contributed by atoms with van der Waals surface area (Å²) < 4.78 is 1.86. The Balaban J connectivity index is 1.59. The molecular weight excluding hydrogens is 346 g/mol. The summed E-state index contributed by atoms with van der Waals surface area (Å²) in [5.74, 6) is 0. The van der Waals surface area contributed by atoms with Gasteiger partial charge >= 0.3 is 0 Å². The molecule has 0 unspecified atom stereocenters. The molecule has 0 amide bonds. The topological polar surface area (TPSA) is 66.8 Å². The average Bonchev–Trinajstić information content (AvgIpc) is 3.03. The van der Waals surface area contributed by atoms with Gasteiger partial charge in [-0.05, 0) is 6.26 Å². The summed E-state index contributed by atoms with van der Waals surface area (Å²) >= 11 is 1.47. The number of rotatable bonds is 4. The number of nitrogens with one attached hydrogen (secondary N) is 1. The Morgan fingerprint density at radius 3 is 2.85 bits per heavy atom. The van der Waals surface area contributed by atoms with Crippen molar-refractivity contribution in [3.05, 3.63) is 63.7 Å². The number of H-pyrrole nitrogens is 1. The molecule has 0 saturated carbocycles. The molecule has 0 atom stereocenters. The van der Waals surface area contributed by atoms with E-state index in [2.05, 4.69) is 38.3 Å². The van der Waals surface area contributed by atoms with Crippen molar-refractivity contribution in [2.45, 2.75) is 24.7 Å². The predicted octanol–water partition coefficient (Wildman–Crippen LogP) is 2.45. The first-order valence-electron chi connectivity index (χ1n) is 8.60. The molecule has 6 nitrogen and oxygen atoms in total. The SMILES string of the molecule is CSc1nc2c(c(=O)[nH]1)CN(Cc1cn(C)nc1-c1ccccc1)CC2. The second-order valence-corrected chi connectivity index (χ2v) is 7.30. The van der Waals surface area contributed by atoms with Gasteiger partial charge in [0.05, 0.1) is 17.0 Å². The second-order valence-electron chi connectivity index (χ2n) is 6.50. The zero-order chi connectivity index (χ0) is 18.1. The molecule has 1 aliphatic rings. The van der Waals surface area contributed by atoms with E-state index in [0.29, 0.717) is 11.7 Å². The Labute approximate surface area is 156 Å². The molecular formula is C19H21N5OS. The van der Waals surface area contributed by atoms with E-state index in [0.717, 1.165) is 42.0 Å². The third kappa shape index (κ3) is 3.32. The van der Waals surface area contributed by atoms with E-state index >= 15 is 0 Å². The number of aromatic nitrogens is 4. The van der Waals surface area contributed by atoms with Crippen LogP contribution in [0.15, 0.2) is 46.5 Å². The second kappa shape index (κ2) is 7.09. The number of fused-ring (bicyclic) bond motifs is 1. The van der Waals surface area contributed by atoms with Gasteiger partial charge in [-0.25, -0.2) is 4.98 Å². The van der Waals surface area contributed by atoms with E-state index in [9.17, 15) is 4.79 Å². The molecule has 134 valence electrons. The lowest BCUT2D eigenvalue weighted by atomic mass is 10.0. The molecule has 1 aliphatic heterocycles. The maximum atomic E-state index is 12.4. The minimum Gasteiger partial charge on any atom is -0.301 e. The molecule has 1 aromatic carbocycles. The molecule has 26 heavy (non-hydrogen) atoms. The molecule has 0 fully saturated rings. The van der Waals surface area contributed by atoms with Crippen molar-refractivity contribution < 1.29 is 0 Å². The lowest BCUT2D eigenvalue weighted by Crippen LogP contribution is -2.35. The van der Waals surface area contributed by atoms with E-state index in [1.165, 1.54) is 17.3 Å². The average molecular weight is 367 g/mol. The van der Waals surface area contributed by atoms with E-state index in [-0.39, 0.29) is 5.56 Å². The molecule has 4 rings (SSSR count). The lowest BCUT2D eigenvalue weighted by Gasteiger charge is -2.27. The summed E-state index contributed by atoms with van der Waals surface area (Å²) in [6.07, 6.45) is 4.79. The highest BCUT2D eigenvalue weighted by atomic mass is 32.2. The van der Waals surface area contributed by atoms with Gasteiger partial charge in [-0.3, -0.25) is 14.4 Å². The standard InChI is InChI=1S/C19H21N5OS/c1-23-10-14(17(22-23)13-6-4-3-5-7-13)11-24-9-8-16-15(12-24)18(25)21-19(20-16)26-2/h3-7,10H,8-9,11-12H2,1-2H3,(H,20,21,25). The lowest BCUT2D eigenvalue weighted by molar-refractivity contribution is 0.241. The normalized spacial score (nSPS) is 14.4. The van der Waals surface area contributed by atoms with Gasteiger partial charge in [-0.2, -0.15) is 5.10 Å². The smallest absolute Gasteiger partial charge is 0.256 e. The van der Waals surface area contributed by atoms with Crippen molar-refractivity contribution >= 4 is 11.8 Å². The molecule has 1 N–H and O–H groups in total. The molecule has 0 aliphatic carbocycles. The zero-order valence-electron chi connectivity index (χ0n) is 14.9. The molecule has 2 aromatic heterocycles. The highest BCUT2D eigenvalue weighted by Crippen LogP contribution is 2.25. The van der Waals surface area contributed by atoms with Crippen LogP contribution in [0.25, 0.3) is 11.3 Å². The molecule has 7 heteroatoms. The van der Waals surface area contributed by atoms with Crippen LogP contribution in [0.1, 0.15) is 16.8 Å². The molecule has 3 heterocycles. The number of benzene rings is 1. The Hall–Kier alpha value is -2.38. The fraction of sp³-hybridized carbons (Fsp3) is 0.316. The van der Waals surface area contributed by atoms with Gasteiger partial charge in [0.2, 0.25) is 0 Å². The van der Waals surface area contributed by atoms with Crippen molar-refractivity contribution in [1.82, 2.24) is 24.6 Å². The summed E-state index contributed by atoms with van der Waals surface area (Å²) in [5, 5.41) is 5.33. The summed E-state index contributed by atoms with van der Waals surface area (Å²) in [4.78, 5) is 22.1. The quantitative estimate of drug-likeness (QED) is 0.567. The molecule has 3 aromatic rings. The molecule has 0 radical (unpaired) electrons. The summed E-state index contributed by atoms with van der Waals surface area (Å²) in [5.41, 5.74) is 5.00. The number of nitrogens with zero attached hydrogens (tertiary/aromatic N) is 4. The van der Waals surface area contributed by atoms with Crippen molar-refractivity contribution in [2.24, 2.45) is 7.05 Å². The minimum absolute atomic E-state index is 0.0153. The van der Waals surface area contributed by atoms with Crippen molar-refractivity contribution in [1.29, 1.82) is 0 Å². The van der Waals surface area contributed by atoms with Crippen LogP contribution in [0.4, 0.5) is 0 Å². The Morgan fingerprint density at radius 1 is 1.27 bits per heavy atom. The maximum Gasteiger partial charge on any atom is 0.256 e. The maximum absolute atomic E-state index is 12.4. The fourth-order valence-corrected chi connectivity index (χ4v) is 3.82. The Kier molecular flexibility index (Phi) is 4.65. The van der Waals surface area contributed by atoms with E-state index in [1.54, 1.807) is 0 Å². The first-order valence-corrected chi connectivity index (χ1v) is 9.83. The Morgan fingerprint density at radius 2 is 2.08 bits per heavy atom. The van der Waals surface area contributed by atoms with Crippen LogP contribution in [0.2, 0.25) is 0 Å². The van der Waals surface area contributed by atoms with E-state index in [4.69, 9.17) is 0 Å². The molecule has 0 saturated heterocycles. The Bertz CT molecular complexity index is 979. The molecule has 0 bridgehead atoms. The van der Waals surface area contributed by atoms with Gasteiger partial charge in [0.1, 0.15) is 0 Å². The zero-order valence-corrected chi connectivity index (χ0v) is 15.7. The van der Waals surface area contributed by atoms with Crippen LogP contribution in [-0.2, 0) is 26.6 Å². The number of hydrogen-bond acceptors (Lipinski definition) is 5. The van der Waals surface area contributed by atoms with Crippen LogP contribution >= 0.6 is 11.8 Å². The fourth-order valence-electron chi connectivity index (χ4n) is 3.42. The van der Waals surface area contributed by atoms with E-state index in [1.807, 2.05) is 36.2 Å². The highest BCUT2D eigenvalue weighted by Gasteiger charge is 2.22. The largest absolute Gasteiger partial charge is 0.301 e. The van der Waals surface area contributed by atoms with E-state index < -0.39 is 0 Å². The first-order chi connectivity index (χ1) is 12.6. The predicted molar refractivity (Wildman–Crippen MR) is 103 cm³/mol. The molecule has 0 spiro atoms. The number of hydrogen-bond donors (Lipinski definition) is 1. The van der Waals surface area contributed by atoms with Crippen LogP contribution in [0.3, 0.4) is 0 Å². The van der Waals surface area contributed by atoms with Gasteiger partial charge < -0.3 is 4.98 Å². The minimum atomic E-state index is -0.0153. The van der Waals surface area contributed by atoms with Crippen LogP contribution in [0.5, 0.6) is 0 Å². The third-order valence-corrected chi connectivity index (χ3v) is 5.25. The number of aromatic amines is 1. The van der Waals surface area contributed by atoms with Gasteiger partial charge in [-0.15, -0.1) is 0 Å². The highest BCUT2D eigenvalue weighted by molar-refractivity contribution is 7.98. The summed E-state index contributed by atoms with van der Waals surface area (Å²) in [6, 6.07) is 10.2. The van der Waals surface area contributed by atoms with Gasteiger partial charge in [0, 0.05) is 50.4 Å². The van der Waals surface area contributed by atoms with Crippen molar-refractivity contribution in [3.8, 4) is 11.3 Å². The van der Waals surface area contributed by atoms with Gasteiger partial charge in [0.15, 0.2) is 5.16 Å². The van der Waals surface area contributed by atoms with Crippen molar-refractivity contribution in [2.75, 3.05) is 12.8 Å². The van der Waals surface area contributed by atoms with Crippen LogP contribution in [0, 0.1) is 0 Å². The van der Waals surface area contributed by atoms with Crippen LogP contribution in [-0.4, -0.2) is 37.4 Å². The van der Waals surface area contributed by atoms with Gasteiger partial charge in [-0.1, -0.05) is 42.1 Å². The number of aryl methyl sites for hydroxylation is 1. The third-order valence-electron chi connectivity index (χ3n) is 4.67. The number of thioether (sulfide) groups is 1.